The molecule has 0 atom stereocenters. The van der Waals surface area contributed by atoms with E-state index in [1.54, 1.807) is 36.6 Å². The van der Waals surface area contributed by atoms with Gasteiger partial charge in [0.1, 0.15) is 13.2 Å². The number of nitrogens with one attached hydrogen (secondary N) is 1. The van der Waals surface area contributed by atoms with Gasteiger partial charge in [-0.1, -0.05) is 6.07 Å². The largest absolute Gasteiger partial charge is 0.493 e. The molecule has 0 saturated carbocycles. The number of thiophene rings is 1. The molecule has 0 spiro atoms. The van der Waals surface area contributed by atoms with E-state index in [1.807, 2.05) is 17.5 Å². The average molecular weight is 345 g/mol. The number of hydrogen-bond acceptors (Lipinski definition) is 6. The van der Waals surface area contributed by atoms with Crippen molar-refractivity contribution in [3.05, 3.63) is 46.2 Å². The number of methoxy groups -OCH3 is 1. The van der Waals surface area contributed by atoms with Crippen molar-refractivity contribution in [3.8, 4) is 11.5 Å². The summed E-state index contributed by atoms with van der Waals surface area (Å²) in [7, 11) is 1.56. The second-order valence-electron chi connectivity index (χ2n) is 4.93. The van der Waals surface area contributed by atoms with Gasteiger partial charge in [-0.05, 0) is 35.2 Å². The maximum absolute atomic E-state index is 11.4. The van der Waals surface area contributed by atoms with E-state index >= 15 is 0 Å². The fourth-order valence-corrected chi connectivity index (χ4v) is 2.70. The second-order valence-corrected chi connectivity index (χ2v) is 5.97. The number of amides is 3. The summed E-state index contributed by atoms with van der Waals surface area (Å²) in [5.74, 6) is 0.821. The van der Waals surface area contributed by atoms with Crippen LogP contribution in [0.5, 0.6) is 11.5 Å². The summed E-state index contributed by atoms with van der Waals surface area (Å²) in [5, 5.41) is 9.21. The highest BCUT2D eigenvalue weighted by molar-refractivity contribution is 7.09. The normalized spacial score (nSPS) is 14.3. The molecular formula is C16H15N3O4S. The molecule has 1 aromatic heterocycles. The van der Waals surface area contributed by atoms with Gasteiger partial charge in [0.2, 0.25) is 5.91 Å². The van der Waals surface area contributed by atoms with Crippen LogP contribution in [-0.4, -0.2) is 36.8 Å². The lowest BCUT2D eigenvalue weighted by molar-refractivity contribution is -0.118. The van der Waals surface area contributed by atoms with Crippen molar-refractivity contribution >= 4 is 29.5 Å². The van der Waals surface area contributed by atoms with Gasteiger partial charge in [-0.2, -0.15) is 5.10 Å². The Morgan fingerprint density at radius 2 is 2.21 bits per heavy atom. The van der Waals surface area contributed by atoms with E-state index < -0.39 is 6.03 Å². The number of carbonyl (C=O) groups excluding carboxylic acids is 2. The van der Waals surface area contributed by atoms with E-state index in [1.165, 1.54) is 6.21 Å². The first-order valence-corrected chi connectivity index (χ1v) is 8.02. The highest BCUT2D eigenvalue weighted by atomic mass is 32.1. The number of hydrogen-bond donors (Lipinski definition) is 1. The summed E-state index contributed by atoms with van der Waals surface area (Å²) >= 11 is 1.62. The molecule has 1 aliphatic heterocycles. The molecular weight excluding hydrogens is 330 g/mol. The summed E-state index contributed by atoms with van der Waals surface area (Å²) in [6, 6.07) is 8.77. The van der Waals surface area contributed by atoms with Crippen LogP contribution in [0.2, 0.25) is 0 Å². The molecule has 0 radical (unpaired) electrons. The molecule has 1 aromatic carbocycles. The van der Waals surface area contributed by atoms with Crippen molar-refractivity contribution in [2.45, 2.75) is 6.61 Å². The number of rotatable bonds is 6. The summed E-state index contributed by atoms with van der Waals surface area (Å²) in [4.78, 5) is 23.6. The zero-order chi connectivity index (χ0) is 16.9. The topological polar surface area (TPSA) is 80.2 Å². The minimum absolute atomic E-state index is 0.0749. The van der Waals surface area contributed by atoms with Crippen LogP contribution in [0.25, 0.3) is 0 Å². The van der Waals surface area contributed by atoms with E-state index in [-0.39, 0.29) is 12.5 Å². The van der Waals surface area contributed by atoms with Gasteiger partial charge in [0, 0.05) is 4.88 Å². The Morgan fingerprint density at radius 3 is 2.88 bits per heavy atom. The molecule has 3 rings (SSSR count). The molecule has 1 N–H and O–H groups in total. The first-order valence-electron chi connectivity index (χ1n) is 7.14. The lowest BCUT2D eigenvalue weighted by Crippen LogP contribution is -2.24. The molecule has 7 nitrogen and oxygen atoms in total. The van der Waals surface area contributed by atoms with Gasteiger partial charge in [-0.25, -0.2) is 9.80 Å². The van der Waals surface area contributed by atoms with Crippen molar-refractivity contribution in [2.24, 2.45) is 5.10 Å². The number of ether oxygens (including phenoxy) is 2. The van der Waals surface area contributed by atoms with Gasteiger partial charge in [-0.3, -0.25) is 10.1 Å². The highest BCUT2D eigenvalue weighted by Gasteiger charge is 2.25. The van der Waals surface area contributed by atoms with Gasteiger partial charge >= 0.3 is 6.03 Å². The van der Waals surface area contributed by atoms with Gasteiger partial charge in [0.25, 0.3) is 0 Å². The minimum Gasteiger partial charge on any atom is -0.493 e. The number of benzene rings is 1. The van der Waals surface area contributed by atoms with E-state index in [4.69, 9.17) is 9.47 Å². The average Bonchev–Trinajstić information content (AvgIpc) is 3.20. The molecule has 0 aliphatic carbocycles. The van der Waals surface area contributed by atoms with Crippen molar-refractivity contribution in [1.82, 2.24) is 10.3 Å². The predicted octanol–water partition coefficient (Wildman–Crippen LogP) is 2.22. The zero-order valence-electron chi connectivity index (χ0n) is 12.9. The molecule has 24 heavy (non-hydrogen) atoms. The summed E-state index contributed by atoms with van der Waals surface area (Å²) in [5.41, 5.74) is 0.725. The van der Waals surface area contributed by atoms with Crippen LogP contribution < -0.4 is 14.8 Å². The summed E-state index contributed by atoms with van der Waals surface area (Å²) in [6.45, 7) is 0.395. The number of nitrogens with zero attached hydrogens (tertiary/aromatic N) is 2. The van der Waals surface area contributed by atoms with Gasteiger partial charge in [-0.15, -0.1) is 11.3 Å². The minimum atomic E-state index is -0.529. The number of hydrazone groups is 1. The van der Waals surface area contributed by atoms with Gasteiger partial charge in [0.15, 0.2) is 11.5 Å². The molecule has 2 aromatic rings. The standard InChI is InChI=1S/C16H15N3O4S/c1-22-14-7-11(8-17-19-9-15(20)18-16(19)21)4-5-13(14)23-10-12-3-2-6-24-12/h2-8H,9-10H2,1H3,(H,18,20,21)/b17-8-. The molecule has 0 unspecified atom stereocenters. The highest BCUT2D eigenvalue weighted by Crippen LogP contribution is 2.28. The summed E-state index contributed by atoms with van der Waals surface area (Å²) in [6.07, 6.45) is 1.49. The molecule has 0 bridgehead atoms. The Kier molecular flexibility index (Phi) is 4.76. The molecule has 124 valence electrons. The summed E-state index contributed by atoms with van der Waals surface area (Å²) < 4.78 is 11.1. The number of imide groups is 1. The lowest BCUT2D eigenvalue weighted by Gasteiger charge is -2.11. The monoisotopic (exact) mass is 345 g/mol. The van der Waals surface area contributed by atoms with Crippen LogP contribution in [0.15, 0.2) is 40.8 Å². The van der Waals surface area contributed by atoms with Crippen molar-refractivity contribution < 1.29 is 19.1 Å². The third kappa shape index (κ3) is 3.72. The number of carbonyl (C=O) groups is 2. The molecule has 8 heteroatoms. The zero-order valence-corrected chi connectivity index (χ0v) is 13.7. The van der Waals surface area contributed by atoms with Crippen LogP contribution in [-0.2, 0) is 11.4 Å². The molecule has 3 amide bonds. The Labute approximate surface area is 142 Å². The Morgan fingerprint density at radius 1 is 1.33 bits per heavy atom. The SMILES string of the molecule is COc1cc(/C=N\N2CC(=O)NC2=O)ccc1OCc1cccs1. The molecule has 2 heterocycles. The van der Waals surface area contributed by atoms with Crippen molar-refractivity contribution in [1.29, 1.82) is 0 Å². The van der Waals surface area contributed by atoms with Gasteiger partial charge in [0.05, 0.1) is 13.3 Å². The first-order chi connectivity index (χ1) is 11.7. The Bertz CT molecular complexity index is 774. The van der Waals surface area contributed by atoms with Crippen LogP contribution in [0.3, 0.4) is 0 Å². The maximum atomic E-state index is 11.4. The third-order valence-electron chi connectivity index (χ3n) is 3.26. The Balaban J connectivity index is 1.69. The second kappa shape index (κ2) is 7.14. The van der Waals surface area contributed by atoms with E-state index in [0.29, 0.717) is 18.1 Å². The quantitative estimate of drug-likeness (QED) is 0.643. The van der Waals surface area contributed by atoms with Gasteiger partial charge < -0.3 is 9.47 Å². The molecule has 1 fully saturated rings. The third-order valence-corrected chi connectivity index (χ3v) is 4.11. The van der Waals surface area contributed by atoms with E-state index in [0.717, 1.165) is 15.4 Å². The predicted molar refractivity (Wildman–Crippen MR) is 89.5 cm³/mol. The van der Waals surface area contributed by atoms with Crippen molar-refractivity contribution in [2.75, 3.05) is 13.7 Å². The lowest BCUT2D eigenvalue weighted by atomic mass is 10.2. The van der Waals surface area contributed by atoms with Crippen LogP contribution in [0.1, 0.15) is 10.4 Å². The fourth-order valence-electron chi connectivity index (χ4n) is 2.09. The van der Waals surface area contributed by atoms with Crippen LogP contribution in [0, 0.1) is 0 Å². The van der Waals surface area contributed by atoms with E-state index in [2.05, 4.69) is 10.4 Å². The smallest absolute Gasteiger partial charge is 0.344 e. The maximum Gasteiger partial charge on any atom is 0.344 e. The van der Waals surface area contributed by atoms with Crippen LogP contribution in [0.4, 0.5) is 4.79 Å². The first kappa shape index (κ1) is 16.0. The molecule has 1 saturated heterocycles. The Hall–Kier alpha value is -2.87. The number of urea groups is 1. The van der Waals surface area contributed by atoms with Crippen LogP contribution >= 0.6 is 11.3 Å². The van der Waals surface area contributed by atoms with Crippen molar-refractivity contribution in [3.63, 3.8) is 0 Å². The molecule has 1 aliphatic rings. The van der Waals surface area contributed by atoms with E-state index in [9.17, 15) is 9.59 Å². The fraction of sp³-hybridized carbons (Fsp3) is 0.188.